The van der Waals surface area contributed by atoms with Gasteiger partial charge >= 0.3 is 0 Å². The van der Waals surface area contributed by atoms with Crippen molar-refractivity contribution in [1.82, 2.24) is 15.4 Å². The fourth-order valence-corrected chi connectivity index (χ4v) is 3.30. The monoisotopic (exact) mass is 403 g/mol. The predicted octanol–water partition coefficient (Wildman–Crippen LogP) is 1.20. The summed E-state index contributed by atoms with van der Waals surface area (Å²) in [5.41, 5.74) is 10.9. The molecule has 0 saturated heterocycles. The summed E-state index contributed by atoms with van der Waals surface area (Å²) in [4.78, 5) is 37.9. The molecule has 1 aliphatic carbocycles. The molecule has 0 bridgehead atoms. The first-order valence-electron chi connectivity index (χ1n) is 9.23. The molecule has 1 fully saturated rings. The number of benzene rings is 1. The van der Waals surface area contributed by atoms with E-state index in [1.165, 1.54) is 29.2 Å². The second-order valence-electron chi connectivity index (χ2n) is 6.97. The Kier molecular flexibility index (Phi) is 6.10. The Bertz CT molecular complexity index is 906. The van der Waals surface area contributed by atoms with Crippen molar-refractivity contribution in [3.8, 4) is 0 Å². The molecular weight excluding hydrogens is 381 g/mol. The summed E-state index contributed by atoms with van der Waals surface area (Å²) in [5.74, 6) is -2.80. The van der Waals surface area contributed by atoms with E-state index in [9.17, 15) is 18.8 Å². The lowest BCUT2D eigenvalue weighted by Crippen LogP contribution is -2.43. The van der Waals surface area contributed by atoms with Crippen molar-refractivity contribution in [3.05, 3.63) is 47.1 Å². The lowest BCUT2D eigenvalue weighted by atomic mass is 10.2. The molecule has 9 nitrogen and oxygen atoms in total. The summed E-state index contributed by atoms with van der Waals surface area (Å²) < 4.78 is 18.1. The van der Waals surface area contributed by atoms with Crippen molar-refractivity contribution in [2.45, 2.75) is 38.3 Å². The number of nitrogen functional groups attached to an aromatic ring is 1. The fraction of sp³-hybridized carbons (Fsp3) is 0.368. The molecule has 1 heterocycles. The van der Waals surface area contributed by atoms with E-state index in [2.05, 4.69) is 10.5 Å². The minimum atomic E-state index is -0.936. The van der Waals surface area contributed by atoms with Gasteiger partial charge in [-0.3, -0.25) is 14.4 Å². The van der Waals surface area contributed by atoms with Crippen LogP contribution in [-0.4, -0.2) is 40.4 Å². The molecule has 1 aromatic heterocycles. The average Bonchev–Trinajstić information content (AvgIpc) is 3.31. The minimum Gasteiger partial charge on any atom is -0.393 e. The van der Waals surface area contributed by atoms with Gasteiger partial charge in [0.1, 0.15) is 18.0 Å². The van der Waals surface area contributed by atoms with Gasteiger partial charge in [0.2, 0.25) is 11.7 Å². The van der Waals surface area contributed by atoms with Gasteiger partial charge in [-0.25, -0.2) is 4.39 Å². The number of anilines is 1. The van der Waals surface area contributed by atoms with Crippen LogP contribution in [0.1, 0.15) is 52.3 Å². The first-order valence-corrected chi connectivity index (χ1v) is 9.23. The van der Waals surface area contributed by atoms with Crippen LogP contribution in [0.25, 0.3) is 0 Å². The summed E-state index contributed by atoms with van der Waals surface area (Å²) in [5, 5.41) is 6.33. The number of carbonyl (C=O) groups excluding carboxylic acids is 3. The highest BCUT2D eigenvalue weighted by atomic mass is 19.1. The molecule has 2 aromatic rings. The maximum Gasteiger partial charge on any atom is 0.295 e. The number of amides is 3. The van der Waals surface area contributed by atoms with Gasteiger partial charge in [0.15, 0.2) is 5.69 Å². The molecule has 0 radical (unpaired) electrons. The average molecular weight is 403 g/mol. The molecule has 3 amide bonds. The Morgan fingerprint density at radius 3 is 2.45 bits per heavy atom. The summed E-state index contributed by atoms with van der Waals surface area (Å²) >= 11 is 0. The van der Waals surface area contributed by atoms with Crippen LogP contribution in [0.4, 0.5) is 10.1 Å². The predicted molar refractivity (Wildman–Crippen MR) is 101 cm³/mol. The van der Waals surface area contributed by atoms with Crippen LogP contribution < -0.4 is 16.8 Å². The van der Waals surface area contributed by atoms with E-state index in [1.807, 2.05) is 0 Å². The van der Waals surface area contributed by atoms with Gasteiger partial charge in [-0.1, -0.05) is 30.1 Å². The molecule has 10 heteroatoms. The van der Waals surface area contributed by atoms with Crippen molar-refractivity contribution in [3.63, 3.8) is 0 Å². The van der Waals surface area contributed by atoms with Crippen molar-refractivity contribution < 1.29 is 23.3 Å². The van der Waals surface area contributed by atoms with Gasteiger partial charge in [0, 0.05) is 12.6 Å². The molecule has 0 atom stereocenters. The zero-order chi connectivity index (χ0) is 21.0. The molecule has 29 heavy (non-hydrogen) atoms. The van der Waals surface area contributed by atoms with E-state index >= 15 is 0 Å². The van der Waals surface area contributed by atoms with Crippen molar-refractivity contribution in [2.24, 2.45) is 5.73 Å². The Morgan fingerprint density at radius 1 is 1.21 bits per heavy atom. The highest BCUT2D eigenvalue weighted by molar-refractivity contribution is 6.04. The van der Waals surface area contributed by atoms with E-state index < -0.39 is 17.6 Å². The zero-order valence-corrected chi connectivity index (χ0v) is 15.7. The number of primary amides is 1. The summed E-state index contributed by atoms with van der Waals surface area (Å²) in [6, 6.07) is 5.60. The van der Waals surface area contributed by atoms with E-state index in [0.717, 1.165) is 25.7 Å². The van der Waals surface area contributed by atoms with Gasteiger partial charge in [-0.05, 0) is 30.5 Å². The van der Waals surface area contributed by atoms with E-state index in [1.54, 1.807) is 0 Å². The van der Waals surface area contributed by atoms with Gasteiger partial charge in [-0.2, -0.15) is 0 Å². The quantitative estimate of drug-likeness (QED) is 0.633. The molecule has 0 aliphatic heterocycles. The number of rotatable bonds is 7. The van der Waals surface area contributed by atoms with E-state index in [4.69, 9.17) is 16.0 Å². The molecule has 3 rings (SSSR count). The molecule has 0 spiro atoms. The van der Waals surface area contributed by atoms with Crippen molar-refractivity contribution in [2.75, 3.05) is 12.3 Å². The summed E-state index contributed by atoms with van der Waals surface area (Å²) in [7, 11) is 0. The maximum atomic E-state index is 13.2. The van der Waals surface area contributed by atoms with Crippen LogP contribution in [0.5, 0.6) is 0 Å². The highest BCUT2D eigenvalue weighted by Crippen LogP contribution is 2.21. The standard InChI is InChI=1S/C19H22FN5O4/c20-12-7-5-11(6-8-12)9-25(10-14(26)23-13-3-1-2-4-13)19(28)17-15(21)16(18(22)27)24-29-17/h5-8,13H,1-4,9-10,21H2,(H2,22,27)(H,23,26). The second-order valence-corrected chi connectivity index (χ2v) is 6.97. The number of nitrogens with two attached hydrogens (primary N) is 2. The van der Waals surface area contributed by atoms with Gasteiger partial charge < -0.3 is 26.2 Å². The number of hydrogen-bond acceptors (Lipinski definition) is 6. The Morgan fingerprint density at radius 2 is 1.86 bits per heavy atom. The number of hydrogen-bond donors (Lipinski definition) is 3. The smallest absolute Gasteiger partial charge is 0.295 e. The number of nitrogens with one attached hydrogen (secondary N) is 1. The number of nitrogens with zero attached hydrogens (tertiary/aromatic N) is 2. The van der Waals surface area contributed by atoms with Crippen LogP contribution in [0.3, 0.4) is 0 Å². The van der Waals surface area contributed by atoms with Gasteiger partial charge in [0.25, 0.3) is 11.8 Å². The summed E-state index contributed by atoms with van der Waals surface area (Å²) in [6.07, 6.45) is 3.89. The Balaban J connectivity index is 1.80. The van der Waals surface area contributed by atoms with Crippen molar-refractivity contribution >= 4 is 23.4 Å². The van der Waals surface area contributed by atoms with Crippen LogP contribution in [0, 0.1) is 5.82 Å². The zero-order valence-electron chi connectivity index (χ0n) is 15.7. The van der Waals surface area contributed by atoms with Gasteiger partial charge in [-0.15, -0.1) is 0 Å². The highest BCUT2D eigenvalue weighted by Gasteiger charge is 2.29. The van der Waals surface area contributed by atoms with Crippen LogP contribution >= 0.6 is 0 Å². The normalized spacial score (nSPS) is 14.0. The third kappa shape index (κ3) is 4.89. The first kappa shape index (κ1) is 20.3. The largest absolute Gasteiger partial charge is 0.393 e. The Hall–Kier alpha value is -3.43. The SMILES string of the molecule is NC(=O)c1noc(C(=O)N(CC(=O)NC2CCCC2)Cc2ccc(F)cc2)c1N. The summed E-state index contributed by atoms with van der Waals surface area (Å²) in [6.45, 7) is -0.262. The number of halogens is 1. The van der Waals surface area contributed by atoms with E-state index in [0.29, 0.717) is 5.56 Å². The third-order valence-electron chi connectivity index (χ3n) is 4.78. The number of carbonyl (C=O) groups is 3. The lowest BCUT2D eigenvalue weighted by molar-refractivity contribution is -0.122. The first-order chi connectivity index (χ1) is 13.8. The number of aromatic nitrogens is 1. The van der Waals surface area contributed by atoms with Crippen LogP contribution in [0.2, 0.25) is 0 Å². The Labute approximate surface area is 166 Å². The molecule has 1 aliphatic rings. The van der Waals surface area contributed by atoms with Crippen LogP contribution in [-0.2, 0) is 11.3 Å². The molecule has 0 unspecified atom stereocenters. The topological polar surface area (TPSA) is 145 Å². The third-order valence-corrected chi connectivity index (χ3v) is 4.78. The molecule has 1 aromatic carbocycles. The molecular formula is C19H22FN5O4. The van der Waals surface area contributed by atoms with E-state index in [-0.39, 0.29) is 42.2 Å². The van der Waals surface area contributed by atoms with Crippen LogP contribution in [0.15, 0.2) is 28.8 Å². The second kappa shape index (κ2) is 8.72. The van der Waals surface area contributed by atoms with Gasteiger partial charge in [0.05, 0.1) is 0 Å². The molecule has 154 valence electrons. The fourth-order valence-electron chi connectivity index (χ4n) is 3.30. The minimum absolute atomic E-state index is 0.00322. The molecule has 1 saturated carbocycles. The lowest BCUT2D eigenvalue weighted by Gasteiger charge is -2.22. The maximum absolute atomic E-state index is 13.2. The molecule has 5 N–H and O–H groups in total. The van der Waals surface area contributed by atoms with Crippen molar-refractivity contribution in [1.29, 1.82) is 0 Å².